The van der Waals surface area contributed by atoms with Crippen LogP contribution in [0.25, 0.3) is 0 Å². The standard InChI is InChI=1S/C13H18N2/c14-11-4-2-1-3-10(11)12-8-5-6-9(7-8)13(12)15/h1-4,8-9,12-13H,5-7,14-15H2. The lowest BCUT2D eigenvalue weighted by molar-refractivity contribution is 0.366. The maximum atomic E-state index is 6.31. The number of hydrogen-bond donors (Lipinski definition) is 2. The normalized spacial score (nSPS) is 38.5. The van der Waals surface area contributed by atoms with Crippen LogP contribution < -0.4 is 11.5 Å². The van der Waals surface area contributed by atoms with Crippen LogP contribution in [-0.2, 0) is 0 Å². The SMILES string of the molecule is Nc1ccccc1C1C2CCC(C2)C1N. The highest BCUT2D eigenvalue weighted by Gasteiger charge is 2.46. The molecule has 2 nitrogen and oxygen atoms in total. The average Bonchev–Trinajstić information content (AvgIpc) is 2.80. The van der Waals surface area contributed by atoms with Crippen molar-refractivity contribution in [2.75, 3.05) is 5.73 Å². The molecule has 0 aromatic heterocycles. The Labute approximate surface area is 90.7 Å². The van der Waals surface area contributed by atoms with Gasteiger partial charge in [0.1, 0.15) is 0 Å². The van der Waals surface area contributed by atoms with Crippen LogP contribution in [0.15, 0.2) is 24.3 Å². The molecule has 4 atom stereocenters. The summed E-state index contributed by atoms with van der Waals surface area (Å²) in [5.41, 5.74) is 14.6. The minimum absolute atomic E-state index is 0.341. The number of benzene rings is 1. The molecular formula is C13H18N2. The van der Waals surface area contributed by atoms with E-state index in [0.717, 1.165) is 17.5 Å². The highest BCUT2D eigenvalue weighted by Crippen LogP contribution is 2.52. The van der Waals surface area contributed by atoms with E-state index in [0.29, 0.717) is 12.0 Å². The van der Waals surface area contributed by atoms with Gasteiger partial charge in [0.05, 0.1) is 0 Å². The molecule has 0 aliphatic heterocycles. The highest BCUT2D eigenvalue weighted by molar-refractivity contribution is 5.50. The van der Waals surface area contributed by atoms with Gasteiger partial charge in [-0.3, -0.25) is 0 Å². The van der Waals surface area contributed by atoms with E-state index < -0.39 is 0 Å². The van der Waals surface area contributed by atoms with Crippen LogP contribution in [0.4, 0.5) is 5.69 Å². The highest BCUT2D eigenvalue weighted by atomic mass is 14.7. The van der Waals surface area contributed by atoms with Crippen LogP contribution in [-0.4, -0.2) is 6.04 Å². The first-order chi connectivity index (χ1) is 7.27. The molecule has 2 heteroatoms. The minimum atomic E-state index is 0.341. The predicted octanol–water partition coefficient (Wildman–Crippen LogP) is 2.11. The van der Waals surface area contributed by atoms with E-state index in [9.17, 15) is 0 Å². The van der Waals surface area contributed by atoms with E-state index in [1.165, 1.54) is 24.8 Å². The van der Waals surface area contributed by atoms with Gasteiger partial charge in [-0.15, -0.1) is 0 Å². The van der Waals surface area contributed by atoms with Gasteiger partial charge in [0, 0.05) is 17.6 Å². The molecule has 0 heterocycles. The largest absolute Gasteiger partial charge is 0.398 e. The second kappa shape index (κ2) is 3.24. The predicted molar refractivity (Wildman–Crippen MR) is 62.4 cm³/mol. The van der Waals surface area contributed by atoms with Gasteiger partial charge in [-0.05, 0) is 42.7 Å². The second-order valence-corrected chi connectivity index (χ2v) is 5.07. The van der Waals surface area contributed by atoms with Crippen molar-refractivity contribution >= 4 is 5.69 Å². The summed E-state index contributed by atoms with van der Waals surface area (Å²) in [5.74, 6) is 2.05. The fourth-order valence-corrected chi connectivity index (χ4v) is 3.61. The van der Waals surface area contributed by atoms with Crippen LogP contribution in [0.1, 0.15) is 30.7 Å². The molecule has 4 unspecified atom stereocenters. The first-order valence-corrected chi connectivity index (χ1v) is 5.87. The molecule has 2 aliphatic carbocycles. The summed E-state index contributed by atoms with van der Waals surface area (Å²) < 4.78 is 0. The van der Waals surface area contributed by atoms with Gasteiger partial charge in [-0.1, -0.05) is 18.2 Å². The zero-order valence-corrected chi connectivity index (χ0v) is 8.89. The van der Waals surface area contributed by atoms with Gasteiger partial charge in [-0.2, -0.15) is 0 Å². The molecule has 1 aromatic rings. The van der Waals surface area contributed by atoms with E-state index >= 15 is 0 Å². The maximum absolute atomic E-state index is 6.31. The lowest BCUT2D eigenvalue weighted by Gasteiger charge is -2.29. The third-order valence-corrected chi connectivity index (χ3v) is 4.34. The van der Waals surface area contributed by atoms with Gasteiger partial charge in [0.25, 0.3) is 0 Å². The molecule has 15 heavy (non-hydrogen) atoms. The van der Waals surface area contributed by atoms with Crippen LogP contribution in [0.2, 0.25) is 0 Å². The molecule has 4 N–H and O–H groups in total. The van der Waals surface area contributed by atoms with Gasteiger partial charge >= 0.3 is 0 Å². The summed E-state index contributed by atoms with van der Waals surface area (Å²) >= 11 is 0. The molecule has 2 bridgehead atoms. The molecular weight excluding hydrogens is 184 g/mol. The number of anilines is 1. The summed E-state index contributed by atoms with van der Waals surface area (Å²) in [5, 5.41) is 0. The maximum Gasteiger partial charge on any atom is 0.0350 e. The first kappa shape index (κ1) is 9.22. The molecule has 2 saturated carbocycles. The smallest absolute Gasteiger partial charge is 0.0350 e. The van der Waals surface area contributed by atoms with Crippen molar-refractivity contribution in [1.82, 2.24) is 0 Å². The molecule has 80 valence electrons. The molecule has 0 saturated heterocycles. The zero-order valence-electron chi connectivity index (χ0n) is 8.89. The van der Waals surface area contributed by atoms with Crippen molar-refractivity contribution in [3.8, 4) is 0 Å². The Bertz CT molecular complexity index is 373. The number of nitrogens with two attached hydrogens (primary N) is 2. The van der Waals surface area contributed by atoms with E-state index in [1.807, 2.05) is 12.1 Å². The van der Waals surface area contributed by atoms with Crippen LogP contribution in [0, 0.1) is 11.8 Å². The number of hydrogen-bond acceptors (Lipinski definition) is 2. The monoisotopic (exact) mass is 202 g/mol. The summed E-state index contributed by atoms with van der Waals surface area (Å²) in [4.78, 5) is 0. The average molecular weight is 202 g/mol. The summed E-state index contributed by atoms with van der Waals surface area (Å²) in [6.45, 7) is 0. The Kier molecular flexibility index (Phi) is 1.99. The molecule has 0 spiro atoms. The van der Waals surface area contributed by atoms with E-state index in [1.54, 1.807) is 0 Å². The molecule has 2 fully saturated rings. The number of fused-ring (bicyclic) bond motifs is 2. The number of para-hydroxylation sites is 1. The zero-order chi connectivity index (χ0) is 10.4. The van der Waals surface area contributed by atoms with Gasteiger partial charge in [-0.25, -0.2) is 0 Å². The Morgan fingerprint density at radius 1 is 1.07 bits per heavy atom. The number of nitrogen functional groups attached to an aromatic ring is 1. The topological polar surface area (TPSA) is 52.0 Å². The van der Waals surface area contributed by atoms with Gasteiger partial charge < -0.3 is 11.5 Å². The summed E-state index contributed by atoms with van der Waals surface area (Å²) in [7, 11) is 0. The third kappa shape index (κ3) is 1.28. The first-order valence-electron chi connectivity index (χ1n) is 5.87. The Morgan fingerprint density at radius 2 is 1.80 bits per heavy atom. The Morgan fingerprint density at radius 3 is 2.47 bits per heavy atom. The third-order valence-electron chi connectivity index (χ3n) is 4.34. The summed E-state index contributed by atoms with van der Waals surface area (Å²) in [6, 6.07) is 8.56. The van der Waals surface area contributed by atoms with Crippen LogP contribution in [0.5, 0.6) is 0 Å². The van der Waals surface area contributed by atoms with E-state index in [2.05, 4.69) is 12.1 Å². The lowest BCUT2D eigenvalue weighted by atomic mass is 9.79. The minimum Gasteiger partial charge on any atom is -0.398 e. The fraction of sp³-hybridized carbons (Fsp3) is 0.538. The molecule has 0 radical (unpaired) electrons. The molecule has 2 aliphatic rings. The fourth-order valence-electron chi connectivity index (χ4n) is 3.61. The van der Waals surface area contributed by atoms with Gasteiger partial charge in [0.2, 0.25) is 0 Å². The Balaban J connectivity index is 1.98. The van der Waals surface area contributed by atoms with E-state index in [4.69, 9.17) is 11.5 Å². The van der Waals surface area contributed by atoms with Crippen LogP contribution >= 0.6 is 0 Å². The van der Waals surface area contributed by atoms with Crippen molar-refractivity contribution in [2.45, 2.75) is 31.2 Å². The van der Waals surface area contributed by atoms with Gasteiger partial charge in [0.15, 0.2) is 0 Å². The number of rotatable bonds is 1. The Hall–Kier alpha value is -1.02. The van der Waals surface area contributed by atoms with E-state index in [-0.39, 0.29) is 0 Å². The van der Waals surface area contributed by atoms with Crippen molar-refractivity contribution in [2.24, 2.45) is 17.6 Å². The summed E-state index contributed by atoms with van der Waals surface area (Å²) in [6.07, 6.45) is 3.99. The van der Waals surface area contributed by atoms with Crippen LogP contribution in [0.3, 0.4) is 0 Å². The lowest BCUT2D eigenvalue weighted by Crippen LogP contribution is -2.34. The quantitative estimate of drug-likeness (QED) is 0.685. The molecule has 1 aromatic carbocycles. The van der Waals surface area contributed by atoms with Crippen molar-refractivity contribution < 1.29 is 0 Å². The molecule has 0 amide bonds. The second-order valence-electron chi connectivity index (χ2n) is 5.07. The van der Waals surface area contributed by atoms with Crippen molar-refractivity contribution in [3.05, 3.63) is 29.8 Å². The van der Waals surface area contributed by atoms with Crippen molar-refractivity contribution in [1.29, 1.82) is 0 Å². The van der Waals surface area contributed by atoms with Crippen molar-refractivity contribution in [3.63, 3.8) is 0 Å². The molecule has 3 rings (SSSR count).